The molecule has 0 unspecified atom stereocenters. The Bertz CT molecular complexity index is 668. The van der Waals surface area contributed by atoms with E-state index in [4.69, 9.17) is 0 Å². The van der Waals surface area contributed by atoms with Gasteiger partial charge < -0.3 is 10.0 Å². The van der Waals surface area contributed by atoms with E-state index >= 15 is 0 Å². The lowest BCUT2D eigenvalue weighted by atomic mass is 10.2. The summed E-state index contributed by atoms with van der Waals surface area (Å²) in [5.74, 6) is 0.946. The highest BCUT2D eigenvalue weighted by molar-refractivity contribution is 5.80. The van der Waals surface area contributed by atoms with Crippen LogP contribution in [-0.4, -0.2) is 64.4 Å². The Morgan fingerprint density at radius 1 is 1.17 bits per heavy atom. The molecular weight excluding hydrogens is 292 g/mol. The van der Waals surface area contributed by atoms with Gasteiger partial charge in [0, 0.05) is 52.2 Å². The van der Waals surface area contributed by atoms with E-state index in [1.54, 1.807) is 31.7 Å². The number of nitrogens with zero attached hydrogens (tertiary/aromatic N) is 6. The summed E-state index contributed by atoms with van der Waals surface area (Å²) in [4.78, 5) is 21.5. The quantitative estimate of drug-likeness (QED) is 0.847. The predicted molar refractivity (Wildman–Crippen MR) is 88.9 cm³/mol. The van der Waals surface area contributed by atoms with Gasteiger partial charge in [-0.15, -0.1) is 0 Å². The third-order valence-corrected chi connectivity index (χ3v) is 3.80. The molecule has 1 aliphatic rings. The van der Waals surface area contributed by atoms with Gasteiger partial charge in [-0.2, -0.15) is 0 Å². The minimum absolute atomic E-state index is 0.158. The molecule has 1 saturated heterocycles. The molecule has 1 N–H and O–H groups in total. The van der Waals surface area contributed by atoms with Crippen LogP contribution in [0.3, 0.4) is 0 Å². The fourth-order valence-corrected chi connectivity index (χ4v) is 2.60. The molecule has 0 spiro atoms. The van der Waals surface area contributed by atoms with Crippen LogP contribution in [0.15, 0.2) is 35.6 Å². The monoisotopic (exact) mass is 312 g/mol. The average molecular weight is 312 g/mol. The van der Waals surface area contributed by atoms with Crippen LogP contribution in [0.5, 0.6) is 5.75 Å². The summed E-state index contributed by atoms with van der Waals surface area (Å²) in [5.41, 5.74) is 1.45. The lowest BCUT2D eigenvalue weighted by Gasteiger charge is -2.34. The summed E-state index contributed by atoms with van der Waals surface area (Å²) < 4.78 is 0. The first-order chi connectivity index (χ1) is 11.3. The van der Waals surface area contributed by atoms with Crippen molar-refractivity contribution in [2.24, 2.45) is 4.99 Å². The molecule has 23 heavy (non-hydrogen) atoms. The van der Waals surface area contributed by atoms with Crippen LogP contribution in [0.4, 0.5) is 5.95 Å². The number of aromatic nitrogens is 3. The largest absolute Gasteiger partial charge is 0.506 e. The standard InChI is InChI=1S/C16H20N6O/c1-17-11-14-15(23)4-3-13(20-14)12-21-7-9-22(10-8-21)16-18-5-2-6-19-16/h2-6,11,23H,7-10,12H2,1H3. The average Bonchev–Trinajstić information content (AvgIpc) is 2.60. The highest BCUT2D eigenvalue weighted by Gasteiger charge is 2.19. The lowest BCUT2D eigenvalue weighted by Crippen LogP contribution is -2.46. The zero-order valence-corrected chi connectivity index (χ0v) is 13.1. The summed E-state index contributed by atoms with van der Waals surface area (Å²) in [6.45, 7) is 4.40. The van der Waals surface area contributed by atoms with E-state index in [2.05, 4.69) is 29.7 Å². The second-order valence-electron chi connectivity index (χ2n) is 5.41. The van der Waals surface area contributed by atoms with E-state index in [-0.39, 0.29) is 5.75 Å². The van der Waals surface area contributed by atoms with Crippen molar-refractivity contribution in [2.45, 2.75) is 6.54 Å². The van der Waals surface area contributed by atoms with Gasteiger partial charge in [0.15, 0.2) is 0 Å². The van der Waals surface area contributed by atoms with Crippen LogP contribution in [0.25, 0.3) is 0 Å². The molecule has 0 aliphatic carbocycles. The number of anilines is 1. The molecule has 2 aromatic rings. The van der Waals surface area contributed by atoms with E-state index < -0.39 is 0 Å². The molecule has 0 radical (unpaired) electrons. The third kappa shape index (κ3) is 3.81. The maximum atomic E-state index is 9.74. The SMILES string of the molecule is CN=Cc1nc(CN2CCN(c3ncccn3)CC2)ccc1O. The Labute approximate surface area is 135 Å². The molecule has 1 fully saturated rings. The first-order valence-corrected chi connectivity index (χ1v) is 7.61. The van der Waals surface area contributed by atoms with Gasteiger partial charge >= 0.3 is 0 Å². The molecule has 1 aliphatic heterocycles. The number of hydrogen-bond donors (Lipinski definition) is 1. The number of piperazine rings is 1. The van der Waals surface area contributed by atoms with Crippen LogP contribution >= 0.6 is 0 Å². The Morgan fingerprint density at radius 2 is 1.91 bits per heavy atom. The van der Waals surface area contributed by atoms with Crippen LogP contribution < -0.4 is 4.90 Å². The fraction of sp³-hybridized carbons (Fsp3) is 0.375. The van der Waals surface area contributed by atoms with Crippen molar-refractivity contribution >= 4 is 12.2 Å². The minimum atomic E-state index is 0.158. The smallest absolute Gasteiger partial charge is 0.225 e. The summed E-state index contributed by atoms with van der Waals surface area (Å²) in [6.07, 6.45) is 5.11. The van der Waals surface area contributed by atoms with Gasteiger partial charge in [0.2, 0.25) is 5.95 Å². The Hall–Kier alpha value is -2.54. The minimum Gasteiger partial charge on any atom is -0.506 e. The van der Waals surface area contributed by atoms with Crippen LogP contribution in [-0.2, 0) is 6.54 Å². The number of hydrogen-bond acceptors (Lipinski definition) is 7. The normalized spacial score (nSPS) is 16.1. The lowest BCUT2D eigenvalue weighted by molar-refractivity contribution is 0.246. The van der Waals surface area contributed by atoms with Crippen molar-refractivity contribution in [3.63, 3.8) is 0 Å². The van der Waals surface area contributed by atoms with Gasteiger partial charge in [-0.25, -0.2) is 15.0 Å². The molecule has 3 heterocycles. The molecule has 7 nitrogen and oxygen atoms in total. The van der Waals surface area contributed by atoms with Gasteiger partial charge in [0.25, 0.3) is 0 Å². The second kappa shape index (κ2) is 7.15. The van der Waals surface area contributed by atoms with Gasteiger partial charge in [0.1, 0.15) is 11.4 Å². The van der Waals surface area contributed by atoms with Crippen LogP contribution in [0, 0.1) is 0 Å². The molecule has 0 atom stereocenters. The van der Waals surface area contributed by atoms with Crippen molar-refractivity contribution in [2.75, 3.05) is 38.1 Å². The van der Waals surface area contributed by atoms with Gasteiger partial charge in [-0.05, 0) is 18.2 Å². The van der Waals surface area contributed by atoms with Crippen LogP contribution in [0.2, 0.25) is 0 Å². The Kier molecular flexibility index (Phi) is 4.77. The number of pyridine rings is 1. The zero-order valence-electron chi connectivity index (χ0n) is 13.1. The molecule has 0 bridgehead atoms. The van der Waals surface area contributed by atoms with Crippen LogP contribution in [0.1, 0.15) is 11.4 Å². The first-order valence-electron chi connectivity index (χ1n) is 7.61. The van der Waals surface area contributed by atoms with Crippen molar-refractivity contribution in [3.8, 4) is 5.75 Å². The summed E-state index contributed by atoms with van der Waals surface area (Å²) in [5, 5.41) is 9.74. The van der Waals surface area contributed by atoms with E-state index in [1.165, 1.54) is 0 Å². The van der Waals surface area contributed by atoms with Gasteiger partial charge in [-0.1, -0.05) is 0 Å². The molecular formula is C16H20N6O. The van der Waals surface area contributed by atoms with Crippen molar-refractivity contribution in [3.05, 3.63) is 42.0 Å². The zero-order chi connectivity index (χ0) is 16.1. The molecule has 3 rings (SSSR count). The predicted octanol–water partition coefficient (Wildman–Crippen LogP) is 0.948. The first kappa shape index (κ1) is 15.4. The summed E-state index contributed by atoms with van der Waals surface area (Å²) in [7, 11) is 1.67. The number of aliphatic imine (C=N–C) groups is 1. The third-order valence-electron chi connectivity index (χ3n) is 3.80. The molecule has 120 valence electrons. The van der Waals surface area contributed by atoms with E-state index in [0.717, 1.165) is 44.4 Å². The number of aromatic hydroxyl groups is 1. The fourth-order valence-electron chi connectivity index (χ4n) is 2.60. The van der Waals surface area contributed by atoms with Crippen molar-refractivity contribution in [1.29, 1.82) is 0 Å². The van der Waals surface area contributed by atoms with Crippen molar-refractivity contribution in [1.82, 2.24) is 19.9 Å². The topological polar surface area (TPSA) is 77.7 Å². The highest BCUT2D eigenvalue weighted by Crippen LogP contribution is 2.16. The molecule has 2 aromatic heterocycles. The molecule has 0 saturated carbocycles. The highest BCUT2D eigenvalue weighted by atomic mass is 16.3. The molecule has 0 aromatic carbocycles. The Balaban J connectivity index is 1.60. The maximum Gasteiger partial charge on any atom is 0.225 e. The Morgan fingerprint density at radius 3 is 2.61 bits per heavy atom. The molecule has 7 heteroatoms. The van der Waals surface area contributed by atoms with E-state index in [0.29, 0.717) is 5.69 Å². The van der Waals surface area contributed by atoms with Crippen molar-refractivity contribution < 1.29 is 5.11 Å². The van der Waals surface area contributed by atoms with Gasteiger partial charge in [-0.3, -0.25) is 9.89 Å². The summed E-state index contributed by atoms with van der Waals surface area (Å²) in [6, 6.07) is 5.36. The van der Waals surface area contributed by atoms with E-state index in [1.807, 2.05) is 12.1 Å². The maximum absolute atomic E-state index is 9.74. The van der Waals surface area contributed by atoms with E-state index in [9.17, 15) is 5.11 Å². The second-order valence-corrected chi connectivity index (χ2v) is 5.41. The molecule has 0 amide bonds. The number of rotatable bonds is 4. The summed E-state index contributed by atoms with van der Waals surface area (Å²) >= 11 is 0. The van der Waals surface area contributed by atoms with Gasteiger partial charge in [0.05, 0.1) is 11.9 Å².